The van der Waals surface area contributed by atoms with Crippen molar-refractivity contribution in [3.8, 4) is 5.88 Å². The van der Waals surface area contributed by atoms with Crippen LogP contribution in [0.25, 0.3) is 0 Å². The molecule has 1 aromatic heterocycles. The highest BCUT2D eigenvalue weighted by atomic mass is 19.1. The SMILES string of the molecule is COc1ccnc(N2CCC(O)(Cc3cccc(F)c3)CC2)n1. The highest BCUT2D eigenvalue weighted by molar-refractivity contribution is 5.33. The van der Waals surface area contributed by atoms with Gasteiger partial charge in [0.1, 0.15) is 5.82 Å². The molecule has 1 aliphatic rings. The van der Waals surface area contributed by atoms with E-state index < -0.39 is 5.60 Å². The van der Waals surface area contributed by atoms with Crippen LogP contribution >= 0.6 is 0 Å². The van der Waals surface area contributed by atoms with Crippen molar-refractivity contribution >= 4 is 5.95 Å². The van der Waals surface area contributed by atoms with Crippen LogP contribution in [0.2, 0.25) is 0 Å². The average Bonchev–Trinajstić information content (AvgIpc) is 2.55. The second-order valence-electron chi connectivity index (χ2n) is 5.92. The second kappa shape index (κ2) is 6.50. The third-order valence-electron chi connectivity index (χ3n) is 4.23. The number of benzene rings is 1. The normalized spacial score (nSPS) is 17.1. The number of ether oxygens (including phenoxy) is 1. The Hall–Kier alpha value is -2.21. The minimum Gasteiger partial charge on any atom is -0.481 e. The first-order valence-electron chi connectivity index (χ1n) is 7.67. The Kier molecular flexibility index (Phi) is 4.43. The summed E-state index contributed by atoms with van der Waals surface area (Å²) >= 11 is 0. The van der Waals surface area contributed by atoms with Crippen LogP contribution in [0.4, 0.5) is 10.3 Å². The van der Waals surface area contributed by atoms with Crippen molar-refractivity contribution in [1.82, 2.24) is 9.97 Å². The van der Waals surface area contributed by atoms with Gasteiger partial charge in [0.25, 0.3) is 0 Å². The summed E-state index contributed by atoms with van der Waals surface area (Å²) in [5.74, 6) is 0.862. The van der Waals surface area contributed by atoms with Crippen LogP contribution in [0.3, 0.4) is 0 Å². The number of hydrogen-bond acceptors (Lipinski definition) is 5. The maximum absolute atomic E-state index is 13.3. The predicted octanol–water partition coefficient (Wildman–Crippen LogP) is 2.20. The molecule has 0 unspecified atom stereocenters. The van der Waals surface area contributed by atoms with Gasteiger partial charge in [0.15, 0.2) is 0 Å². The molecule has 2 heterocycles. The van der Waals surface area contributed by atoms with E-state index in [9.17, 15) is 9.50 Å². The Morgan fingerprint density at radius 1 is 1.30 bits per heavy atom. The van der Waals surface area contributed by atoms with Gasteiger partial charge in [0.2, 0.25) is 11.8 Å². The van der Waals surface area contributed by atoms with Crippen LogP contribution in [0, 0.1) is 5.82 Å². The van der Waals surface area contributed by atoms with Crippen LogP contribution in [-0.4, -0.2) is 40.9 Å². The molecular weight excluding hydrogens is 297 g/mol. The fourth-order valence-electron chi connectivity index (χ4n) is 2.93. The molecule has 0 bridgehead atoms. The van der Waals surface area contributed by atoms with Gasteiger partial charge in [0, 0.05) is 31.8 Å². The molecule has 23 heavy (non-hydrogen) atoms. The fourth-order valence-corrected chi connectivity index (χ4v) is 2.93. The zero-order valence-electron chi connectivity index (χ0n) is 13.1. The number of aliphatic hydroxyl groups is 1. The Balaban J connectivity index is 1.65. The maximum atomic E-state index is 13.3. The molecule has 0 radical (unpaired) electrons. The van der Waals surface area contributed by atoms with Crippen molar-refractivity contribution in [2.45, 2.75) is 24.9 Å². The van der Waals surface area contributed by atoms with Crippen LogP contribution < -0.4 is 9.64 Å². The van der Waals surface area contributed by atoms with Crippen molar-refractivity contribution < 1.29 is 14.2 Å². The van der Waals surface area contributed by atoms with Gasteiger partial charge < -0.3 is 14.7 Å². The van der Waals surface area contributed by atoms with Crippen LogP contribution in [0.1, 0.15) is 18.4 Å². The molecule has 2 aromatic rings. The van der Waals surface area contributed by atoms with Gasteiger partial charge in [-0.05, 0) is 30.5 Å². The lowest BCUT2D eigenvalue weighted by atomic mass is 9.85. The van der Waals surface area contributed by atoms with Gasteiger partial charge in [-0.2, -0.15) is 4.98 Å². The number of rotatable bonds is 4. The van der Waals surface area contributed by atoms with Gasteiger partial charge in [-0.25, -0.2) is 9.37 Å². The lowest BCUT2D eigenvalue weighted by Crippen LogP contribution is -2.46. The van der Waals surface area contributed by atoms with E-state index in [4.69, 9.17) is 4.74 Å². The van der Waals surface area contributed by atoms with Gasteiger partial charge in [-0.3, -0.25) is 0 Å². The molecular formula is C17H20FN3O2. The van der Waals surface area contributed by atoms with Gasteiger partial charge in [-0.15, -0.1) is 0 Å². The summed E-state index contributed by atoms with van der Waals surface area (Å²) < 4.78 is 18.4. The fraction of sp³-hybridized carbons (Fsp3) is 0.412. The summed E-state index contributed by atoms with van der Waals surface area (Å²) in [6.07, 6.45) is 3.29. The second-order valence-corrected chi connectivity index (χ2v) is 5.92. The molecule has 5 nitrogen and oxygen atoms in total. The summed E-state index contributed by atoms with van der Waals surface area (Å²) in [5.41, 5.74) is 0.00182. The van der Waals surface area contributed by atoms with Crippen molar-refractivity contribution in [1.29, 1.82) is 0 Å². The van der Waals surface area contributed by atoms with Gasteiger partial charge >= 0.3 is 0 Å². The van der Waals surface area contributed by atoms with E-state index in [1.54, 1.807) is 25.4 Å². The molecule has 1 aromatic carbocycles. The lowest BCUT2D eigenvalue weighted by molar-refractivity contribution is 0.0162. The van der Waals surface area contributed by atoms with E-state index in [1.165, 1.54) is 12.1 Å². The minimum absolute atomic E-state index is 0.270. The molecule has 6 heteroatoms. The molecule has 0 spiro atoms. The topological polar surface area (TPSA) is 58.5 Å². The van der Waals surface area contributed by atoms with Crippen molar-refractivity contribution in [2.24, 2.45) is 0 Å². The summed E-state index contributed by atoms with van der Waals surface area (Å²) in [6, 6.07) is 8.12. The highest BCUT2D eigenvalue weighted by Crippen LogP contribution is 2.28. The standard InChI is InChI=1S/C17H20FN3O2/c1-23-15-5-8-19-16(20-15)21-9-6-17(22,7-10-21)12-13-3-2-4-14(18)11-13/h2-5,8,11,22H,6-7,9-10,12H2,1H3. The van der Waals surface area contributed by atoms with E-state index in [2.05, 4.69) is 9.97 Å². The molecule has 122 valence electrons. The first-order valence-corrected chi connectivity index (χ1v) is 7.67. The zero-order valence-corrected chi connectivity index (χ0v) is 13.1. The molecule has 3 rings (SSSR count). The summed E-state index contributed by atoms with van der Waals surface area (Å²) in [7, 11) is 1.57. The first-order chi connectivity index (χ1) is 11.1. The van der Waals surface area contributed by atoms with Gasteiger partial charge in [-0.1, -0.05) is 12.1 Å². The van der Waals surface area contributed by atoms with E-state index in [0.717, 1.165) is 5.56 Å². The van der Waals surface area contributed by atoms with Crippen LogP contribution in [0.5, 0.6) is 5.88 Å². The average molecular weight is 317 g/mol. The molecule has 1 N–H and O–H groups in total. The van der Waals surface area contributed by atoms with Crippen molar-refractivity contribution in [3.63, 3.8) is 0 Å². The minimum atomic E-state index is -0.816. The van der Waals surface area contributed by atoms with Crippen molar-refractivity contribution in [3.05, 3.63) is 47.9 Å². The Bertz CT molecular complexity index is 672. The molecule has 1 aliphatic heterocycles. The summed E-state index contributed by atoms with van der Waals surface area (Å²) in [5, 5.41) is 10.8. The maximum Gasteiger partial charge on any atom is 0.228 e. The molecule has 0 saturated carbocycles. The molecule has 1 saturated heterocycles. The first kappa shape index (κ1) is 15.7. The predicted molar refractivity (Wildman–Crippen MR) is 85.1 cm³/mol. The third kappa shape index (κ3) is 3.76. The number of hydrogen-bond donors (Lipinski definition) is 1. The molecule has 1 fully saturated rings. The highest BCUT2D eigenvalue weighted by Gasteiger charge is 2.33. The number of methoxy groups -OCH3 is 1. The molecule has 0 amide bonds. The van der Waals surface area contributed by atoms with E-state index in [1.807, 2.05) is 11.0 Å². The van der Waals surface area contributed by atoms with Crippen LogP contribution in [-0.2, 0) is 6.42 Å². The van der Waals surface area contributed by atoms with E-state index in [0.29, 0.717) is 44.2 Å². The Morgan fingerprint density at radius 3 is 2.78 bits per heavy atom. The lowest BCUT2D eigenvalue weighted by Gasteiger charge is -2.38. The Morgan fingerprint density at radius 2 is 2.09 bits per heavy atom. The molecule has 0 aliphatic carbocycles. The number of aromatic nitrogens is 2. The Labute approximate surface area is 134 Å². The molecule has 0 atom stereocenters. The zero-order chi connectivity index (χ0) is 16.3. The summed E-state index contributed by atoms with van der Waals surface area (Å²) in [4.78, 5) is 10.6. The van der Waals surface area contributed by atoms with E-state index in [-0.39, 0.29) is 5.82 Å². The number of piperidine rings is 1. The van der Waals surface area contributed by atoms with Crippen LogP contribution in [0.15, 0.2) is 36.5 Å². The number of nitrogens with zero attached hydrogens (tertiary/aromatic N) is 3. The van der Waals surface area contributed by atoms with Gasteiger partial charge in [0.05, 0.1) is 12.7 Å². The number of halogens is 1. The monoisotopic (exact) mass is 317 g/mol. The summed E-state index contributed by atoms with van der Waals surface area (Å²) in [6.45, 7) is 1.30. The van der Waals surface area contributed by atoms with Crippen molar-refractivity contribution in [2.75, 3.05) is 25.1 Å². The smallest absolute Gasteiger partial charge is 0.228 e. The quantitative estimate of drug-likeness (QED) is 0.937. The largest absolute Gasteiger partial charge is 0.481 e. The third-order valence-corrected chi connectivity index (χ3v) is 4.23. The number of anilines is 1. The van der Waals surface area contributed by atoms with E-state index >= 15 is 0 Å².